The van der Waals surface area contributed by atoms with Crippen LogP contribution in [-0.4, -0.2) is 16.8 Å². The van der Waals surface area contributed by atoms with Crippen molar-refractivity contribution in [2.45, 2.75) is 39.9 Å². The van der Waals surface area contributed by atoms with E-state index in [-0.39, 0.29) is 11.3 Å². The van der Waals surface area contributed by atoms with E-state index in [1.54, 1.807) is 22.5 Å². The van der Waals surface area contributed by atoms with Crippen molar-refractivity contribution in [1.82, 2.24) is 4.90 Å². The highest BCUT2D eigenvalue weighted by molar-refractivity contribution is 7.09. The zero-order valence-electron chi connectivity index (χ0n) is 12.7. The van der Waals surface area contributed by atoms with Gasteiger partial charge in [-0.15, -0.1) is 11.3 Å². The van der Waals surface area contributed by atoms with Crippen molar-refractivity contribution in [1.29, 1.82) is 0 Å². The first kappa shape index (κ1) is 15.8. The molecule has 0 aliphatic heterocycles. The van der Waals surface area contributed by atoms with Gasteiger partial charge in [-0.05, 0) is 29.0 Å². The molecule has 2 heterocycles. The minimum Gasteiger partial charge on any atom is -0.467 e. The van der Waals surface area contributed by atoms with Crippen LogP contribution < -0.4 is 5.73 Å². The molecule has 0 bridgehead atoms. The first-order chi connectivity index (χ1) is 9.88. The molecule has 0 aliphatic rings. The number of nitrogens with two attached hydrogens (primary N) is 1. The molecule has 1 unspecified atom stereocenters. The van der Waals surface area contributed by atoms with Gasteiger partial charge in [0.1, 0.15) is 5.76 Å². The van der Waals surface area contributed by atoms with Crippen LogP contribution >= 0.6 is 11.3 Å². The Hall–Kier alpha value is -1.59. The van der Waals surface area contributed by atoms with Crippen molar-refractivity contribution in [3.63, 3.8) is 0 Å². The lowest BCUT2D eigenvalue weighted by Gasteiger charge is -2.31. The smallest absolute Gasteiger partial charge is 0.240 e. The Morgan fingerprint density at radius 3 is 2.62 bits per heavy atom. The molecule has 4 nitrogen and oxygen atoms in total. The van der Waals surface area contributed by atoms with Gasteiger partial charge in [0.2, 0.25) is 5.91 Å². The standard InChI is InChI=1S/C16H22N2O2S/c1-16(2,3)14(17)15(19)18(10-12-6-4-8-20-12)11-13-7-5-9-21-13/h4-9,14H,10-11,17H2,1-3H3. The van der Waals surface area contributed by atoms with Gasteiger partial charge in [-0.1, -0.05) is 26.8 Å². The molecular weight excluding hydrogens is 284 g/mol. The van der Waals surface area contributed by atoms with Crippen LogP contribution in [0, 0.1) is 5.41 Å². The van der Waals surface area contributed by atoms with Crippen molar-refractivity contribution >= 4 is 17.2 Å². The molecule has 1 amide bonds. The summed E-state index contributed by atoms with van der Waals surface area (Å²) in [5.74, 6) is 0.716. The van der Waals surface area contributed by atoms with Crippen LogP contribution in [0.3, 0.4) is 0 Å². The third-order valence-corrected chi connectivity index (χ3v) is 4.23. The summed E-state index contributed by atoms with van der Waals surface area (Å²) >= 11 is 1.64. The molecule has 114 valence electrons. The molecule has 21 heavy (non-hydrogen) atoms. The van der Waals surface area contributed by atoms with Crippen molar-refractivity contribution in [2.75, 3.05) is 0 Å². The van der Waals surface area contributed by atoms with E-state index in [0.717, 1.165) is 10.6 Å². The summed E-state index contributed by atoms with van der Waals surface area (Å²) in [6, 6.07) is 7.17. The fourth-order valence-corrected chi connectivity index (χ4v) is 2.68. The minimum atomic E-state index is -0.535. The molecule has 0 fully saturated rings. The molecule has 1 atom stereocenters. The van der Waals surface area contributed by atoms with Crippen LogP contribution in [0.5, 0.6) is 0 Å². The van der Waals surface area contributed by atoms with E-state index in [9.17, 15) is 4.79 Å². The van der Waals surface area contributed by atoms with E-state index < -0.39 is 6.04 Å². The van der Waals surface area contributed by atoms with Crippen molar-refractivity contribution in [3.8, 4) is 0 Å². The summed E-state index contributed by atoms with van der Waals surface area (Å²) in [5.41, 5.74) is 5.86. The average Bonchev–Trinajstić information content (AvgIpc) is 3.08. The van der Waals surface area contributed by atoms with Gasteiger partial charge in [0.05, 0.1) is 25.4 Å². The highest BCUT2D eigenvalue weighted by Crippen LogP contribution is 2.22. The van der Waals surface area contributed by atoms with Crippen LogP contribution in [-0.2, 0) is 17.9 Å². The zero-order valence-corrected chi connectivity index (χ0v) is 13.5. The minimum absolute atomic E-state index is 0.0488. The number of carbonyl (C=O) groups excluding carboxylic acids is 1. The summed E-state index contributed by atoms with van der Waals surface area (Å²) in [7, 11) is 0. The van der Waals surface area contributed by atoms with Gasteiger partial charge >= 0.3 is 0 Å². The second-order valence-electron chi connectivity index (χ2n) is 6.20. The largest absolute Gasteiger partial charge is 0.467 e. The van der Waals surface area contributed by atoms with Gasteiger partial charge in [0.15, 0.2) is 0 Å². The lowest BCUT2D eigenvalue weighted by Crippen LogP contribution is -2.49. The number of furan rings is 1. The van der Waals surface area contributed by atoms with E-state index in [4.69, 9.17) is 10.2 Å². The Morgan fingerprint density at radius 2 is 2.10 bits per heavy atom. The number of hydrogen-bond acceptors (Lipinski definition) is 4. The fraction of sp³-hybridized carbons (Fsp3) is 0.438. The summed E-state index contributed by atoms with van der Waals surface area (Å²) in [5, 5.41) is 2.01. The summed E-state index contributed by atoms with van der Waals surface area (Å²) in [6.07, 6.45) is 1.62. The summed E-state index contributed by atoms with van der Waals surface area (Å²) < 4.78 is 5.37. The second kappa shape index (κ2) is 6.45. The first-order valence-corrected chi connectivity index (χ1v) is 7.85. The molecule has 2 rings (SSSR count). The van der Waals surface area contributed by atoms with Crippen molar-refractivity contribution < 1.29 is 9.21 Å². The molecule has 0 saturated carbocycles. The number of rotatable bonds is 5. The van der Waals surface area contributed by atoms with E-state index >= 15 is 0 Å². The van der Waals surface area contributed by atoms with Gasteiger partial charge in [0, 0.05) is 4.88 Å². The normalized spacial score (nSPS) is 13.1. The van der Waals surface area contributed by atoms with Gasteiger partial charge in [-0.3, -0.25) is 4.79 Å². The SMILES string of the molecule is CC(C)(C)C(N)C(=O)N(Cc1ccco1)Cc1cccs1. The average molecular weight is 306 g/mol. The van der Waals surface area contributed by atoms with Crippen molar-refractivity contribution in [2.24, 2.45) is 11.1 Å². The number of nitrogens with zero attached hydrogens (tertiary/aromatic N) is 1. The number of carbonyl (C=O) groups is 1. The highest BCUT2D eigenvalue weighted by atomic mass is 32.1. The Morgan fingerprint density at radius 1 is 1.33 bits per heavy atom. The maximum atomic E-state index is 12.7. The lowest BCUT2D eigenvalue weighted by molar-refractivity contribution is -0.136. The Balaban J connectivity index is 2.16. The molecule has 2 aromatic heterocycles. The number of amides is 1. The predicted octanol–water partition coefficient (Wildman–Crippen LogP) is 3.24. The maximum Gasteiger partial charge on any atom is 0.240 e. The fourth-order valence-electron chi connectivity index (χ4n) is 1.96. The highest BCUT2D eigenvalue weighted by Gasteiger charge is 2.31. The third-order valence-electron chi connectivity index (χ3n) is 3.36. The molecule has 0 spiro atoms. The monoisotopic (exact) mass is 306 g/mol. The topological polar surface area (TPSA) is 59.5 Å². The Bertz CT molecular complexity index is 519. The molecule has 0 aromatic carbocycles. The molecule has 2 aromatic rings. The van der Waals surface area contributed by atoms with Crippen LogP contribution in [0.15, 0.2) is 40.3 Å². The molecule has 5 heteroatoms. The quantitative estimate of drug-likeness (QED) is 0.922. The third kappa shape index (κ3) is 4.19. The summed E-state index contributed by atoms with van der Waals surface area (Å²) in [6.45, 7) is 6.93. The molecule has 0 saturated heterocycles. The van der Waals surface area contributed by atoms with Gasteiger partial charge < -0.3 is 15.1 Å². The van der Waals surface area contributed by atoms with Gasteiger partial charge in [-0.25, -0.2) is 0 Å². The van der Waals surface area contributed by atoms with Gasteiger partial charge in [-0.2, -0.15) is 0 Å². The van der Waals surface area contributed by atoms with E-state index in [0.29, 0.717) is 13.1 Å². The molecule has 2 N–H and O–H groups in total. The van der Waals surface area contributed by atoms with Crippen LogP contribution in [0.2, 0.25) is 0 Å². The van der Waals surface area contributed by atoms with E-state index in [1.807, 2.05) is 50.4 Å². The van der Waals surface area contributed by atoms with Crippen LogP contribution in [0.25, 0.3) is 0 Å². The molecule has 0 aliphatic carbocycles. The Labute approximate surface area is 129 Å². The number of hydrogen-bond donors (Lipinski definition) is 1. The number of thiophene rings is 1. The Kier molecular flexibility index (Phi) is 4.85. The van der Waals surface area contributed by atoms with E-state index in [2.05, 4.69) is 0 Å². The lowest BCUT2D eigenvalue weighted by atomic mass is 9.86. The van der Waals surface area contributed by atoms with Crippen LogP contribution in [0.4, 0.5) is 0 Å². The molecular formula is C16H22N2O2S. The van der Waals surface area contributed by atoms with Gasteiger partial charge in [0.25, 0.3) is 0 Å². The second-order valence-corrected chi connectivity index (χ2v) is 7.23. The van der Waals surface area contributed by atoms with Crippen molar-refractivity contribution in [3.05, 3.63) is 46.5 Å². The van der Waals surface area contributed by atoms with E-state index in [1.165, 1.54) is 0 Å². The first-order valence-electron chi connectivity index (χ1n) is 6.97. The predicted molar refractivity (Wildman–Crippen MR) is 84.7 cm³/mol. The summed E-state index contributed by atoms with van der Waals surface area (Å²) in [4.78, 5) is 15.6. The molecule has 0 radical (unpaired) electrons. The maximum absolute atomic E-state index is 12.7. The zero-order chi connectivity index (χ0) is 15.5. The van der Waals surface area contributed by atoms with Crippen LogP contribution in [0.1, 0.15) is 31.4 Å².